The summed E-state index contributed by atoms with van der Waals surface area (Å²) in [7, 11) is 1.62. The summed E-state index contributed by atoms with van der Waals surface area (Å²) in [5.41, 5.74) is 1.13. The molecule has 4 nitrogen and oxygen atoms in total. The van der Waals surface area contributed by atoms with Crippen molar-refractivity contribution in [3.63, 3.8) is 0 Å². The summed E-state index contributed by atoms with van der Waals surface area (Å²) in [6.45, 7) is 0.751. The van der Waals surface area contributed by atoms with Gasteiger partial charge in [0.25, 0.3) is 0 Å². The maximum absolute atomic E-state index is 9.85. The van der Waals surface area contributed by atoms with E-state index < -0.39 is 0 Å². The minimum absolute atomic E-state index is 0.201. The highest BCUT2D eigenvalue weighted by molar-refractivity contribution is 5.20. The fourth-order valence-corrected chi connectivity index (χ4v) is 2.27. The van der Waals surface area contributed by atoms with Gasteiger partial charge in [0, 0.05) is 24.8 Å². The van der Waals surface area contributed by atoms with Crippen LogP contribution in [0.1, 0.15) is 31.2 Å². The zero-order chi connectivity index (χ0) is 12.1. The van der Waals surface area contributed by atoms with Gasteiger partial charge in [-0.05, 0) is 24.5 Å². The normalized spacial score (nSPS) is 24.6. The molecule has 1 aliphatic carbocycles. The lowest BCUT2D eigenvalue weighted by molar-refractivity contribution is 0.0902. The largest absolute Gasteiger partial charge is 0.481 e. The first-order valence-electron chi connectivity index (χ1n) is 6.20. The number of pyridine rings is 1. The number of hydrogen-bond donors (Lipinski definition) is 2. The first kappa shape index (κ1) is 12.3. The van der Waals surface area contributed by atoms with Crippen LogP contribution in [0.15, 0.2) is 18.3 Å². The van der Waals surface area contributed by atoms with E-state index in [0.717, 1.165) is 31.4 Å². The maximum Gasteiger partial charge on any atom is 0.213 e. The molecule has 0 aromatic carbocycles. The minimum atomic E-state index is -0.201. The Bertz CT molecular complexity index is 357. The first-order valence-corrected chi connectivity index (χ1v) is 6.20. The van der Waals surface area contributed by atoms with Crippen LogP contribution in [0.25, 0.3) is 0 Å². The molecule has 1 aromatic heterocycles. The second-order valence-electron chi connectivity index (χ2n) is 4.55. The molecule has 4 heteroatoms. The van der Waals surface area contributed by atoms with Gasteiger partial charge in [0.2, 0.25) is 5.88 Å². The van der Waals surface area contributed by atoms with Crippen LogP contribution in [-0.2, 0) is 6.54 Å². The maximum atomic E-state index is 9.85. The number of hydrogen-bond acceptors (Lipinski definition) is 4. The molecule has 1 aliphatic rings. The lowest BCUT2D eigenvalue weighted by atomic mass is 9.92. The van der Waals surface area contributed by atoms with Crippen molar-refractivity contribution >= 4 is 0 Å². The van der Waals surface area contributed by atoms with Crippen LogP contribution in [-0.4, -0.2) is 29.3 Å². The Morgan fingerprint density at radius 1 is 1.47 bits per heavy atom. The zero-order valence-corrected chi connectivity index (χ0v) is 10.2. The van der Waals surface area contributed by atoms with Crippen LogP contribution in [0.3, 0.4) is 0 Å². The summed E-state index contributed by atoms with van der Waals surface area (Å²) in [5, 5.41) is 13.3. The van der Waals surface area contributed by atoms with Crippen molar-refractivity contribution in [2.75, 3.05) is 7.11 Å². The number of nitrogens with zero attached hydrogens (tertiary/aromatic N) is 1. The molecule has 0 saturated heterocycles. The predicted octanol–water partition coefficient (Wildman–Crippen LogP) is 1.48. The van der Waals surface area contributed by atoms with Gasteiger partial charge in [0.05, 0.1) is 13.2 Å². The summed E-state index contributed by atoms with van der Waals surface area (Å²) in [6.07, 6.45) is 5.86. The highest BCUT2D eigenvalue weighted by Gasteiger charge is 2.22. The quantitative estimate of drug-likeness (QED) is 0.831. The van der Waals surface area contributed by atoms with Crippen LogP contribution >= 0.6 is 0 Å². The lowest BCUT2D eigenvalue weighted by Crippen LogP contribution is -2.41. The van der Waals surface area contributed by atoms with Gasteiger partial charge < -0.3 is 15.2 Å². The van der Waals surface area contributed by atoms with Gasteiger partial charge in [-0.1, -0.05) is 12.8 Å². The fourth-order valence-electron chi connectivity index (χ4n) is 2.27. The van der Waals surface area contributed by atoms with Crippen LogP contribution in [0, 0.1) is 0 Å². The Morgan fingerprint density at radius 3 is 3.06 bits per heavy atom. The van der Waals surface area contributed by atoms with Crippen molar-refractivity contribution in [3.05, 3.63) is 23.9 Å². The highest BCUT2D eigenvalue weighted by Crippen LogP contribution is 2.19. The topological polar surface area (TPSA) is 54.4 Å². The number of aliphatic hydroxyl groups excluding tert-OH is 1. The van der Waals surface area contributed by atoms with E-state index in [2.05, 4.69) is 10.3 Å². The standard InChI is InChI=1S/C13H20N2O2/c1-17-13-8-10(6-7-14-13)9-15-11-4-2-3-5-12(11)16/h6-8,11-12,15-16H,2-5,9H2,1H3/t11-,12-/m1/s1. The predicted molar refractivity (Wildman–Crippen MR) is 65.9 cm³/mol. The molecule has 0 radical (unpaired) electrons. The van der Waals surface area contributed by atoms with Crippen molar-refractivity contribution in [1.29, 1.82) is 0 Å². The molecule has 1 fully saturated rings. The van der Waals surface area contributed by atoms with E-state index in [0.29, 0.717) is 5.88 Å². The van der Waals surface area contributed by atoms with Crippen molar-refractivity contribution in [2.45, 2.75) is 44.4 Å². The Hall–Kier alpha value is -1.13. The van der Waals surface area contributed by atoms with Crippen molar-refractivity contribution in [3.8, 4) is 5.88 Å². The number of methoxy groups -OCH3 is 1. The molecular formula is C13H20N2O2. The fraction of sp³-hybridized carbons (Fsp3) is 0.615. The summed E-state index contributed by atoms with van der Waals surface area (Å²) >= 11 is 0. The molecular weight excluding hydrogens is 216 g/mol. The van der Waals surface area contributed by atoms with E-state index in [4.69, 9.17) is 4.74 Å². The molecule has 2 rings (SSSR count). The van der Waals surface area contributed by atoms with Crippen molar-refractivity contribution in [2.24, 2.45) is 0 Å². The van der Waals surface area contributed by atoms with E-state index in [-0.39, 0.29) is 12.1 Å². The average molecular weight is 236 g/mol. The molecule has 94 valence electrons. The number of rotatable bonds is 4. The molecule has 0 spiro atoms. The van der Waals surface area contributed by atoms with Crippen molar-refractivity contribution in [1.82, 2.24) is 10.3 Å². The summed E-state index contributed by atoms with van der Waals surface area (Å²) in [5.74, 6) is 0.633. The van der Waals surface area contributed by atoms with E-state index >= 15 is 0 Å². The Balaban J connectivity index is 1.88. The van der Waals surface area contributed by atoms with Crippen molar-refractivity contribution < 1.29 is 9.84 Å². The molecule has 0 aliphatic heterocycles. The number of nitrogens with one attached hydrogen (secondary N) is 1. The summed E-state index contributed by atoms with van der Waals surface area (Å²) in [4.78, 5) is 4.07. The molecule has 1 saturated carbocycles. The molecule has 2 N–H and O–H groups in total. The summed E-state index contributed by atoms with van der Waals surface area (Å²) in [6, 6.07) is 4.11. The molecule has 17 heavy (non-hydrogen) atoms. The van der Waals surface area contributed by atoms with Gasteiger partial charge in [-0.25, -0.2) is 4.98 Å². The molecule has 0 amide bonds. The Morgan fingerprint density at radius 2 is 2.29 bits per heavy atom. The molecule has 0 bridgehead atoms. The Labute approximate surface area is 102 Å². The van der Waals surface area contributed by atoms with Crippen LogP contribution < -0.4 is 10.1 Å². The van der Waals surface area contributed by atoms with Gasteiger partial charge >= 0.3 is 0 Å². The highest BCUT2D eigenvalue weighted by atomic mass is 16.5. The third-order valence-corrected chi connectivity index (χ3v) is 3.31. The first-order chi connectivity index (χ1) is 8.29. The Kier molecular flexibility index (Phi) is 4.34. The third kappa shape index (κ3) is 3.41. The number of aliphatic hydroxyl groups is 1. The van der Waals surface area contributed by atoms with Crippen LogP contribution in [0.4, 0.5) is 0 Å². The van der Waals surface area contributed by atoms with Gasteiger partial charge in [0.1, 0.15) is 0 Å². The monoisotopic (exact) mass is 236 g/mol. The second kappa shape index (κ2) is 5.98. The lowest BCUT2D eigenvalue weighted by Gasteiger charge is -2.28. The smallest absolute Gasteiger partial charge is 0.213 e. The number of aromatic nitrogens is 1. The summed E-state index contributed by atoms with van der Waals surface area (Å²) < 4.78 is 5.08. The van der Waals surface area contributed by atoms with E-state index in [1.807, 2.05) is 12.1 Å². The van der Waals surface area contributed by atoms with E-state index in [9.17, 15) is 5.11 Å². The molecule has 1 aromatic rings. The third-order valence-electron chi connectivity index (χ3n) is 3.31. The van der Waals surface area contributed by atoms with Gasteiger partial charge in [-0.15, -0.1) is 0 Å². The average Bonchev–Trinajstić information content (AvgIpc) is 2.38. The van der Waals surface area contributed by atoms with Gasteiger partial charge in [-0.2, -0.15) is 0 Å². The molecule has 0 unspecified atom stereocenters. The molecule has 1 heterocycles. The van der Waals surface area contributed by atoms with E-state index in [1.165, 1.54) is 6.42 Å². The zero-order valence-electron chi connectivity index (χ0n) is 10.2. The minimum Gasteiger partial charge on any atom is -0.481 e. The van der Waals surface area contributed by atoms with Gasteiger partial charge in [0.15, 0.2) is 0 Å². The molecule has 2 atom stereocenters. The van der Waals surface area contributed by atoms with Gasteiger partial charge in [-0.3, -0.25) is 0 Å². The SMILES string of the molecule is COc1cc(CN[C@@H]2CCCC[C@H]2O)ccn1. The van der Waals surface area contributed by atoms with Crippen LogP contribution in [0.5, 0.6) is 5.88 Å². The number of ether oxygens (including phenoxy) is 1. The van der Waals surface area contributed by atoms with E-state index in [1.54, 1.807) is 13.3 Å². The van der Waals surface area contributed by atoms with Crippen LogP contribution in [0.2, 0.25) is 0 Å². The second-order valence-corrected chi connectivity index (χ2v) is 4.55.